The number of carbonyl (C=O) groups excluding carboxylic acids is 4. The first-order chi connectivity index (χ1) is 21.3. The highest BCUT2D eigenvalue weighted by Gasteiger charge is 2.73. The van der Waals surface area contributed by atoms with E-state index in [4.69, 9.17) is 13.9 Å². The van der Waals surface area contributed by atoms with Crippen LogP contribution >= 0.6 is 0 Å². The molecule has 8 atom stereocenters. The Bertz CT molecular complexity index is 1290. The second kappa shape index (κ2) is 13.0. The zero-order valence-electron chi connectivity index (χ0n) is 30.1. The predicted molar refractivity (Wildman–Crippen MR) is 181 cm³/mol. The van der Waals surface area contributed by atoms with Crippen LogP contribution in [0.4, 0.5) is 4.79 Å². The number of carbonyl (C=O) groups is 4. The molecule has 0 spiro atoms. The van der Waals surface area contributed by atoms with Gasteiger partial charge in [-0.2, -0.15) is 0 Å². The molecular weight excluding hydrogens is 600 g/mol. The molecule has 9 nitrogen and oxygen atoms in total. The minimum atomic E-state index is -2.32. The van der Waals surface area contributed by atoms with E-state index >= 15 is 0 Å². The van der Waals surface area contributed by atoms with Crippen molar-refractivity contribution in [3.05, 3.63) is 23.8 Å². The molecule has 0 aromatic rings. The molecule has 10 heteroatoms. The molecule has 3 saturated carbocycles. The summed E-state index contributed by atoms with van der Waals surface area (Å²) in [6.45, 7) is 19.9. The van der Waals surface area contributed by atoms with Crippen molar-refractivity contribution in [2.24, 2.45) is 34.5 Å². The Balaban J connectivity index is 1.81. The third kappa shape index (κ3) is 6.07. The number of allylic oxidation sites excluding steroid dienone is 4. The van der Waals surface area contributed by atoms with E-state index in [1.165, 1.54) is 4.90 Å². The second-order valence-electron chi connectivity index (χ2n) is 16.3. The van der Waals surface area contributed by atoms with E-state index in [0.29, 0.717) is 25.9 Å². The molecule has 46 heavy (non-hydrogen) atoms. The van der Waals surface area contributed by atoms with Crippen molar-refractivity contribution in [3.8, 4) is 0 Å². The normalized spacial score (nSPS) is 35.4. The van der Waals surface area contributed by atoms with Gasteiger partial charge in [0.25, 0.3) is 0 Å². The summed E-state index contributed by atoms with van der Waals surface area (Å²) in [6, 6.07) is 0. The topological polar surface area (TPSA) is 111 Å². The average molecular weight is 659 g/mol. The Kier molecular flexibility index (Phi) is 10.3. The Labute approximate surface area is 277 Å². The molecular formula is C36H58N2O7Si. The lowest BCUT2D eigenvalue weighted by molar-refractivity contribution is -0.204. The number of Topliss-reactive ketones (excluding diaryl/α,β-unsaturated/α-hetero) is 1. The van der Waals surface area contributed by atoms with Crippen molar-refractivity contribution in [1.29, 1.82) is 0 Å². The van der Waals surface area contributed by atoms with Crippen LogP contribution in [0.5, 0.6) is 0 Å². The van der Waals surface area contributed by atoms with Gasteiger partial charge in [0.15, 0.2) is 26.3 Å². The molecule has 0 aromatic heterocycles. The first-order valence-electron chi connectivity index (χ1n) is 17.2. The molecule has 0 bridgehead atoms. The summed E-state index contributed by atoms with van der Waals surface area (Å²) >= 11 is 0. The van der Waals surface area contributed by atoms with Crippen LogP contribution in [0.25, 0.3) is 0 Å². The third-order valence-electron chi connectivity index (χ3n) is 12.6. The smallest absolute Gasteiger partial charge is 0.409 e. The summed E-state index contributed by atoms with van der Waals surface area (Å²) in [7, 11) is 1.12. The number of ether oxygens (including phenoxy) is 2. The van der Waals surface area contributed by atoms with Crippen molar-refractivity contribution in [1.82, 2.24) is 10.2 Å². The van der Waals surface area contributed by atoms with Crippen LogP contribution in [0.2, 0.25) is 18.1 Å². The quantitative estimate of drug-likeness (QED) is 0.222. The van der Waals surface area contributed by atoms with Crippen LogP contribution in [0.15, 0.2) is 23.8 Å². The molecule has 0 aliphatic heterocycles. The van der Waals surface area contributed by atoms with Crippen LogP contribution in [0, 0.1) is 34.5 Å². The predicted octanol–water partition coefficient (Wildman–Crippen LogP) is 6.09. The van der Waals surface area contributed by atoms with Gasteiger partial charge in [0, 0.05) is 49.4 Å². The van der Waals surface area contributed by atoms with Gasteiger partial charge in [-0.1, -0.05) is 60.1 Å². The van der Waals surface area contributed by atoms with Gasteiger partial charge in [-0.25, -0.2) is 4.79 Å². The van der Waals surface area contributed by atoms with Crippen molar-refractivity contribution >= 4 is 31.9 Å². The zero-order valence-corrected chi connectivity index (χ0v) is 31.1. The molecule has 4 aliphatic rings. The van der Waals surface area contributed by atoms with Crippen molar-refractivity contribution in [2.75, 3.05) is 33.8 Å². The first-order valence-corrected chi connectivity index (χ1v) is 20.1. The highest BCUT2D eigenvalue weighted by molar-refractivity contribution is 6.74. The van der Waals surface area contributed by atoms with E-state index in [1.807, 2.05) is 13.0 Å². The number of rotatable bonds is 10. The lowest BCUT2D eigenvalue weighted by Gasteiger charge is -2.62. The highest BCUT2D eigenvalue weighted by Crippen LogP contribution is 2.70. The van der Waals surface area contributed by atoms with Crippen LogP contribution in [0.1, 0.15) is 80.6 Å². The maximum absolute atomic E-state index is 14.6. The maximum Gasteiger partial charge on any atom is 0.409 e. The molecule has 4 aliphatic carbocycles. The number of fused-ring (bicyclic) bond motifs is 5. The molecule has 0 radical (unpaired) electrons. The number of amides is 1. The largest absolute Gasteiger partial charge is 0.450 e. The third-order valence-corrected chi connectivity index (χ3v) is 17.1. The van der Waals surface area contributed by atoms with E-state index in [9.17, 15) is 19.2 Å². The van der Waals surface area contributed by atoms with Crippen LogP contribution in [0.3, 0.4) is 0 Å². The standard InChI is InChI=1S/C36H58N2O7Si/c1-12-30(41)44-36(29(40)22-43-32(42)38(9)18-17-37-8)23(2)19-27-26-14-13-24-20-25(39)15-16-34(24,6)31(26)28(21-35(27,36)7)45-46(10,11)33(3,4)5/h15-16,20,23,26-28,31,37H,12-14,17-19,21-22H2,1-11H3/t23-,26-,27-,28-,31?,34-,35-,36-/m0/s1. The Morgan fingerprint density at radius 1 is 1.17 bits per heavy atom. The van der Waals surface area contributed by atoms with Crippen LogP contribution in [-0.4, -0.2) is 82.3 Å². The van der Waals surface area contributed by atoms with Gasteiger partial charge in [0.2, 0.25) is 5.78 Å². The second-order valence-corrected chi connectivity index (χ2v) is 21.0. The Morgan fingerprint density at radius 3 is 2.46 bits per heavy atom. The lowest BCUT2D eigenvalue weighted by atomic mass is 9.46. The molecule has 258 valence electrons. The highest BCUT2D eigenvalue weighted by atomic mass is 28.4. The molecule has 1 N–H and O–H groups in total. The van der Waals surface area contributed by atoms with Gasteiger partial charge in [-0.15, -0.1) is 0 Å². The van der Waals surface area contributed by atoms with Crippen molar-refractivity contribution < 1.29 is 33.1 Å². The minimum absolute atomic E-state index is 0.0326. The number of nitrogens with zero attached hydrogens (tertiary/aromatic N) is 1. The number of ketones is 2. The monoisotopic (exact) mass is 658 g/mol. The number of likely N-dealkylation sites (N-methyl/N-ethyl adjacent to an activating group) is 2. The van der Waals surface area contributed by atoms with Gasteiger partial charge in [-0.3, -0.25) is 14.4 Å². The number of hydrogen-bond acceptors (Lipinski definition) is 8. The van der Waals surface area contributed by atoms with Crippen molar-refractivity contribution in [2.45, 2.75) is 110 Å². The maximum atomic E-state index is 14.6. The van der Waals surface area contributed by atoms with Gasteiger partial charge in [0.1, 0.15) is 0 Å². The van der Waals surface area contributed by atoms with E-state index < -0.39 is 38.0 Å². The van der Waals surface area contributed by atoms with Crippen LogP contribution < -0.4 is 5.32 Å². The zero-order chi connectivity index (χ0) is 34.5. The van der Waals surface area contributed by atoms with E-state index in [-0.39, 0.29) is 58.2 Å². The number of hydrogen-bond donors (Lipinski definition) is 1. The average Bonchev–Trinajstić information content (AvgIpc) is 3.19. The molecule has 1 unspecified atom stereocenters. The molecule has 3 fully saturated rings. The Hall–Kier alpha value is -2.30. The Morgan fingerprint density at radius 2 is 1.85 bits per heavy atom. The fourth-order valence-corrected chi connectivity index (χ4v) is 10.4. The summed E-state index contributed by atoms with van der Waals surface area (Å²) in [4.78, 5) is 54.6. The minimum Gasteiger partial charge on any atom is -0.450 e. The number of esters is 1. The van der Waals surface area contributed by atoms with Crippen molar-refractivity contribution in [3.63, 3.8) is 0 Å². The van der Waals surface area contributed by atoms with Gasteiger partial charge in [0.05, 0.1) is 0 Å². The van der Waals surface area contributed by atoms with Gasteiger partial charge < -0.3 is 24.1 Å². The summed E-state index contributed by atoms with van der Waals surface area (Å²) in [5.41, 5.74) is -1.41. The molecule has 0 heterocycles. The van der Waals surface area contributed by atoms with E-state index in [0.717, 1.165) is 18.4 Å². The summed E-state index contributed by atoms with van der Waals surface area (Å²) in [6.07, 6.45) is 7.85. The number of nitrogens with one attached hydrogen (secondary N) is 1. The SMILES string of the molecule is CCC(=O)O[C@]1(C(=O)COC(=O)N(C)CCNC)[C@@H](C)C[C@H]2[C@@H]3CCC4=CC(=O)C=C[C@]4(C)C3[C@@H](O[Si](C)(C)C(C)(C)C)C[C@@]21C. The van der Waals surface area contributed by atoms with E-state index in [1.54, 1.807) is 27.1 Å². The fraction of sp³-hybridized carbons (Fsp3) is 0.778. The summed E-state index contributed by atoms with van der Waals surface area (Å²) in [5, 5.41) is 2.96. The first kappa shape index (κ1) is 36.5. The van der Waals surface area contributed by atoms with Crippen LogP contribution in [-0.2, 0) is 28.3 Å². The molecule has 0 saturated heterocycles. The van der Waals surface area contributed by atoms with Gasteiger partial charge >= 0.3 is 12.1 Å². The lowest BCUT2D eigenvalue weighted by Crippen LogP contribution is -2.65. The van der Waals surface area contributed by atoms with E-state index in [2.05, 4.69) is 59.1 Å². The molecule has 4 rings (SSSR count). The fourth-order valence-electron chi connectivity index (χ4n) is 9.11. The molecule has 1 amide bonds. The summed E-state index contributed by atoms with van der Waals surface area (Å²) < 4.78 is 19.4. The molecule has 0 aromatic carbocycles. The summed E-state index contributed by atoms with van der Waals surface area (Å²) in [5.74, 6) is -0.699. The van der Waals surface area contributed by atoms with Gasteiger partial charge in [-0.05, 0) is 80.8 Å².